The molecule has 2 aromatic rings. The predicted molar refractivity (Wildman–Crippen MR) is 124 cm³/mol. The summed E-state index contributed by atoms with van der Waals surface area (Å²) in [5.74, 6) is -3.40. The lowest BCUT2D eigenvalue weighted by atomic mass is 10.0. The minimum Gasteiger partial charge on any atom is -0.480 e. The smallest absolute Gasteiger partial charge is 0.326 e. The van der Waals surface area contributed by atoms with Gasteiger partial charge < -0.3 is 42.6 Å². The molecule has 1 aromatic carbocycles. The van der Waals surface area contributed by atoms with Gasteiger partial charge in [-0.25, -0.2) is 4.79 Å². The molecular formula is C22H32N6O6. The molecule has 3 unspecified atom stereocenters. The van der Waals surface area contributed by atoms with Crippen molar-refractivity contribution in [2.24, 2.45) is 11.5 Å². The van der Waals surface area contributed by atoms with E-state index >= 15 is 0 Å². The number of hydrogen-bond acceptors (Lipinski definition) is 7. The van der Waals surface area contributed by atoms with E-state index in [1.807, 2.05) is 24.3 Å². The fourth-order valence-corrected chi connectivity index (χ4v) is 3.37. The molecule has 0 bridgehead atoms. The number of carboxylic acids is 1. The topological polar surface area (TPSA) is 213 Å². The molecule has 1 heterocycles. The van der Waals surface area contributed by atoms with Crippen molar-refractivity contribution in [3.63, 3.8) is 0 Å². The van der Waals surface area contributed by atoms with E-state index in [1.165, 1.54) is 0 Å². The molecule has 0 radical (unpaired) electrons. The first kappa shape index (κ1) is 26.8. The second kappa shape index (κ2) is 13.3. The maximum atomic E-state index is 12.5. The number of aromatic nitrogens is 1. The third-order valence-electron chi connectivity index (χ3n) is 5.28. The van der Waals surface area contributed by atoms with Gasteiger partial charge in [-0.05, 0) is 31.0 Å². The highest BCUT2D eigenvalue weighted by Crippen LogP contribution is 2.19. The molecule has 0 aliphatic heterocycles. The molecule has 1 aromatic heterocycles. The summed E-state index contributed by atoms with van der Waals surface area (Å²) in [5, 5.41) is 26.9. The van der Waals surface area contributed by atoms with Gasteiger partial charge in [-0.15, -0.1) is 0 Å². The van der Waals surface area contributed by atoms with Crippen LogP contribution in [0.1, 0.15) is 24.8 Å². The van der Waals surface area contributed by atoms with E-state index < -0.39 is 55.0 Å². The van der Waals surface area contributed by atoms with Crippen molar-refractivity contribution < 1.29 is 29.4 Å². The van der Waals surface area contributed by atoms with Gasteiger partial charge in [0.1, 0.15) is 12.1 Å². The second-order valence-electron chi connectivity index (χ2n) is 7.87. The van der Waals surface area contributed by atoms with Crippen molar-refractivity contribution in [2.45, 2.75) is 43.8 Å². The monoisotopic (exact) mass is 476 g/mol. The molecule has 0 fully saturated rings. The average Bonchev–Trinajstić information content (AvgIpc) is 3.23. The molecule has 34 heavy (non-hydrogen) atoms. The van der Waals surface area contributed by atoms with E-state index in [0.29, 0.717) is 24.9 Å². The van der Waals surface area contributed by atoms with Gasteiger partial charge in [0.2, 0.25) is 17.7 Å². The quantitative estimate of drug-likeness (QED) is 0.147. The summed E-state index contributed by atoms with van der Waals surface area (Å²) in [5.41, 5.74) is 12.7. The molecule has 10 N–H and O–H groups in total. The largest absolute Gasteiger partial charge is 0.480 e. The van der Waals surface area contributed by atoms with E-state index in [1.54, 1.807) is 6.20 Å². The molecule has 0 aliphatic rings. The van der Waals surface area contributed by atoms with Crippen LogP contribution in [-0.2, 0) is 25.6 Å². The number of nitrogens with two attached hydrogens (primary N) is 2. The molecule has 3 atom stereocenters. The SMILES string of the molecule is NCCCCC(N)C(=O)NCC(=O)NC(CO)C(=O)NC(Cc1c[nH]c2ccccc12)C(=O)O. The van der Waals surface area contributed by atoms with E-state index in [2.05, 4.69) is 20.9 Å². The zero-order valence-electron chi connectivity index (χ0n) is 18.8. The van der Waals surface area contributed by atoms with Gasteiger partial charge in [-0.3, -0.25) is 14.4 Å². The minimum atomic E-state index is -1.40. The van der Waals surface area contributed by atoms with Crippen molar-refractivity contribution in [3.8, 4) is 0 Å². The van der Waals surface area contributed by atoms with Crippen molar-refractivity contribution in [3.05, 3.63) is 36.0 Å². The molecule has 12 nitrogen and oxygen atoms in total. The molecule has 0 saturated carbocycles. The van der Waals surface area contributed by atoms with Crippen molar-refractivity contribution >= 4 is 34.6 Å². The summed E-state index contributed by atoms with van der Waals surface area (Å²) in [6.07, 6.45) is 3.48. The molecule has 0 saturated heterocycles. The van der Waals surface area contributed by atoms with Crippen LogP contribution in [0.25, 0.3) is 10.9 Å². The second-order valence-corrected chi connectivity index (χ2v) is 7.87. The first-order chi connectivity index (χ1) is 16.3. The Morgan fingerprint density at radius 2 is 1.76 bits per heavy atom. The number of amides is 3. The Balaban J connectivity index is 1.89. The summed E-state index contributed by atoms with van der Waals surface area (Å²) in [4.78, 5) is 51.4. The van der Waals surface area contributed by atoms with E-state index in [4.69, 9.17) is 11.5 Å². The van der Waals surface area contributed by atoms with E-state index in [0.717, 1.165) is 17.3 Å². The number of aliphatic hydroxyl groups is 1. The normalized spacial score (nSPS) is 13.6. The van der Waals surface area contributed by atoms with Crippen molar-refractivity contribution in [1.29, 1.82) is 0 Å². The zero-order valence-corrected chi connectivity index (χ0v) is 18.8. The number of aliphatic hydroxyl groups excluding tert-OH is 1. The first-order valence-electron chi connectivity index (χ1n) is 11.0. The number of fused-ring (bicyclic) bond motifs is 1. The standard InChI is InChI=1S/C22H32N6O6/c23-8-4-3-6-15(24)20(31)26-11-19(30)27-18(12-29)21(32)28-17(22(33)34)9-13-10-25-16-7-2-1-5-14(13)16/h1-2,5,7,10,15,17-18,25,29H,3-4,6,8-9,11-12,23-24H2,(H,26,31)(H,27,30)(H,28,32)(H,33,34). The number of hydrogen-bond donors (Lipinski definition) is 8. The maximum absolute atomic E-state index is 12.5. The molecule has 0 aliphatic carbocycles. The third-order valence-corrected chi connectivity index (χ3v) is 5.28. The Hall–Kier alpha value is -3.48. The summed E-state index contributed by atoms with van der Waals surface area (Å²) in [7, 11) is 0. The van der Waals surface area contributed by atoms with Crippen LogP contribution in [0.15, 0.2) is 30.5 Å². The fourth-order valence-electron chi connectivity index (χ4n) is 3.37. The Bertz CT molecular complexity index is 993. The molecule has 12 heteroatoms. The lowest BCUT2D eigenvalue weighted by Crippen LogP contribution is -2.55. The number of carbonyl (C=O) groups is 4. The first-order valence-corrected chi connectivity index (χ1v) is 11.0. The number of unbranched alkanes of at least 4 members (excludes halogenated alkanes) is 1. The number of benzene rings is 1. The summed E-state index contributed by atoms with van der Waals surface area (Å²) in [6.45, 7) is -0.722. The van der Waals surface area contributed by atoms with Crippen LogP contribution in [0.3, 0.4) is 0 Å². The Morgan fingerprint density at radius 3 is 2.44 bits per heavy atom. The number of nitrogens with one attached hydrogen (secondary N) is 4. The number of H-pyrrole nitrogens is 1. The van der Waals surface area contributed by atoms with Crippen LogP contribution in [-0.4, -0.2) is 76.7 Å². The molecule has 2 rings (SSSR count). The summed E-state index contributed by atoms with van der Waals surface area (Å²) < 4.78 is 0. The highest BCUT2D eigenvalue weighted by atomic mass is 16.4. The third kappa shape index (κ3) is 7.83. The highest BCUT2D eigenvalue weighted by molar-refractivity contribution is 5.93. The molecule has 3 amide bonds. The highest BCUT2D eigenvalue weighted by Gasteiger charge is 2.27. The maximum Gasteiger partial charge on any atom is 0.326 e. The Labute approximate surface area is 196 Å². The van der Waals surface area contributed by atoms with Crippen molar-refractivity contribution in [1.82, 2.24) is 20.9 Å². The summed E-state index contributed by atoms with van der Waals surface area (Å²) >= 11 is 0. The van der Waals surface area contributed by atoms with Gasteiger partial charge in [0, 0.05) is 23.5 Å². The predicted octanol–water partition coefficient (Wildman–Crippen LogP) is -1.67. The van der Waals surface area contributed by atoms with Crippen LogP contribution < -0.4 is 27.4 Å². The van der Waals surface area contributed by atoms with Gasteiger partial charge in [-0.1, -0.05) is 24.6 Å². The number of aliphatic carboxylic acids is 1. The summed E-state index contributed by atoms with van der Waals surface area (Å²) in [6, 6.07) is 3.85. The van der Waals surface area contributed by atoms with Crippen LogP contribution >= 0.6 is 0 Å². The van der Waals surface area contributed by atoms with Crippen molar-refractivity contribution in [2.75, 3.05) is 19.7 Å². The zero-order chi connectivity index (χ0) is 25.1. The lowest BCUT2D eigenvalue weighted by Gasteiger charge is -2.20. The average molecular weight is 477 g/mol. The number of rotatable bonds is 14. The van der Waals surface area contributed by atoms with Crippen LogP contribution in [0.4, 0.5) is 0 Å². The van der Waals surface area contributed by atoms with Gasteiger partial charge in [0.25, 0.3) is 0 Å². The number of carboxylic acid groups (broad SMARTS) is 1. The Morgan fingerprint density at radius 1 is 1.03 bits per heavy atom. The van der Waals surface area contributed by atoms with Gasteiger partial charge in [0.15, 0.2) is 0 Å². The molecule has 0 spiro atoms. The number of para-hydroxylation sites is 1. The Kier molecular flexibility index (Phi) is 10.5. The van der Waals surface area contributed by atoms with E-state index in [-0.39, 0.29) is 6.42 Å². The lowest BCUT2D eigenvalue weighted by molar-refractivity contribution is -0.142. The van der Waals surface area contributed by atoms with Gasteiger partial charge in [0.05, 0.1) is 19.2 Å². The van der Waals surface area contributed by atoms with Crippen LogP contribution in [0.5, 0.6) is 0 Å². The molecular weight excluding hydrogens is 444 g/mol. The van der Waals surface area contributed by atoms with E-state index in [9.17, 15) is 29.4 Å². The van der Waals surface area contributed by atoms with Crippen LogP contribution in [0.2, 0.25) is 0 Å². The number of aromatic amines is 1. The molecule has 186 valence electrons. The number of carbonyl (C=O) groups excluding carboxylic acids is 3. The van der Waals surface area contributed by atoms with Gasteiger partial charge in [-0.2, -0.15) is 0 Å². The van der Waals surface area contributed by atoms with Gasteiger partial charge >= 0.3 is 5.97 Å². The van der Waals surface area contributed by atoms with Crippen LogP contribution in [0, 0.1) is 0 Å². The fraction of sp³-hybridized carbons (Fsp3) is 0.455. The minimum absolute atomic E-state index is 0.00468.